The average Bonchev–Trinajstić information content (AvgIpc) is 2.85. The predicted molar refractivity (Wildman–Crippen MR) is 77.5 cm³/mol. The Balaban J connectivity index is 1.93. The van der Waals surface area contributed by atoms with Crippen molar-refractivity contribution in [3.63, 3.8) is 0 Å². The van der Waals surface area contributed by atoms with Crippen molar-refractivity contribution in [2.45, 2.75) is 14.4 Å². The molecule has 1 heterocycles. The van der Waals surface area contributed by atoms with Crippen molar-refractivity contribution in [2.24, 2.45) is 0 Å². The molecule has 1 aromatic carbocycles. The Morgan fingerprint density at radius 1 is 1.17 bits per heavy atom. The van der Waals surface area contributed by atoms with Gasteiger partial charge in [-0.25, -0.2) is 0 Å². The van der Waals surface area contributed by atoms with Crippen LogP contribution in [-0.4, -0.2) is 33.6 Å². The normalized spacial score (nSPS) is 10.6. The van der Waals surface area contributed by atoms with Gasteiger partial charge >= 0.3 is 7.12 Å². The molecule has 0 radical (unpaired) electrons. The van der Waals surface area contributed by atoms with Crippen LogP contribution < -0.4 is 5.46 Å². The number of benzene rings is 1. The molecule has 0 amide bonds. The lowest BCUT2D eigenvalue weighted by molar-refractivity contribution is 0.426. The lowest BCUT2D eigenvalue weighted by Crippen LogP contribution is -2.29. The van der Waals surface area contributed by atoms with Crippen LogP contribution in [0.5, 0.6) is 0 Å². The Morgan fingerprint density at radius 3 is 2.39 bits per heavy atom. The van der Waals surface area contributed by atoms with Gasteiger partial charge in [-0.1, -0.05) is 59.1 Å². The molecule has 2 N–H and O–H groups in total. The number of hydrogen-bond acceptors (Lipinski definition) is 7. The topological polar surface area (TPSA) is 66.2 Å². The monoisotopic (exact) mass is 298 g/mol. The van der Waals surface area contributed by atoms with Gasteiger partial charge in [0.1, 0.15) is 0 Å². The molecule has 0 unspecified atom stereocenters. The SMILES string of the molecule is CSc1nnc(SCc2ccc(B(O)O)cc2)s1. The van der Waals surface area contributed by atoms with Gasteiger partial charge in [-0.05, 0) is 17.3 Å². The summed E-state index contributed by atoms with van der Waals surface area (Å²) in [5, 5.41) is 26.1. The van der Waals surface area contributed by atoms with Crippen molar-refractivity contribution >= 4 is 47.4 Å². The fraction of sp³-hybridized carbons (Fsp3) is 0.200. The summed E-state index contributed by atoms with van der Waals surface area (Å²) in [6.07, 6.45) is 1.98. The zero-order chi connectivity index (χ0) is 13.0. The van der Waals surface area contributed by atoms with Gasteiger partial charge in [-0.15, -0.1) is 10.2 Å². The number of nitrogens with zero attached hydrogens (tertiary/aromatic N) is 2. The Hall–Kier alpha value is -0.535. The van der Waals surface area contributed by atoms with Gasteiger partial charge in [0.25, 0.3) is 0 Å². The third-order valence-electron chi connectivity index (χ3n) is 2.20. The quantitative estimate of drug-likeness (QED) is 0.639. The minimum Gasteiger partial charge on any atom is -0.423 e. The molecule has 0 atom stereocenters. The molecular formula is C10H11BN2O2S3. The minimum atomic E-state index is -1.40. The van der Waals surface area contributed by atoms with E-state index < -0.39 is 7.12 Å². The molecular weight excluding hydrogens is 287 g/mol. The van der Waals surface area contributed by atoms with Crippen LogP contribution >= 0.6 is 34.9 Å². The lowest BCUT2D eigenvalue weighted by Gasteiger charge is -2.01. The van der Waals surface area contributed by atoms with E-state index in [0.29, 0.717) is 5.46 Å². The van der Waals surface area contributed by atoms with E-state index >= 15 is 0 Å². The Morgan fingerprint density at radius 2 is 1.83 bits per heavy atom. The zero-order valence-corrected chi connectivity index (χ0v) is 12.1. The zero-order valence-electron chi connectivity index (χ0n) is 9.61. The number of aromatic nitrogens is 2. The van der Waals surface area contributed by atoms with Gasteiger partial charge in [0.15, 0.2) is 8.68 Å². The second-order valence-corrected chi connectivity index (χ2v) is 6.70. The molecule has 0 aliphatic heterocycles. The molecule has 0 saturated heterocycles. The molecule has 94 valence electrons. The van der Waals surface area contributed by atoms with Gasteiger partial charge < -0.3 is 10.0 Å². The smallest absolute Gasteiger partial charge is 0.423 e. The highest BCUT2D eigenvalue weighted by Crippen LogP contribution is 2.29. The number of hydrogen-bond donors (Lipinski definition) is 2. The third kappa shape index (κ3) is 3.73. The Bertz CT molecular complexity index is 504. The highest BCUT2D eigenvalue weighted by Gasteiger charge is 2.10. The molecule has 0 bridgehead atoms. The first-order valence-corrected chi connectivity index (χ1v) is 8.17. The first kappa shape index (κ1) is 13.9. The largest absolute Gasteiger partial charge is 0.488 e. The van der Waals surface area contributed by atoms with Crippen molar-refractivity contribution in [1.82, 2.24) is 10.2 Å². The summed E-state index contributed by atoms with van der Waals surface area (Å²) in [6, 6.07) is 7.21. The van der Waals surface area contributed by atoms with Gasteiger partial charge in [0.2, 0.25) is 0 Å². The summed E-state index contributed by atoms with van der Waals surface area (Å²) in [7, 11) is -1.40. The summed E-state index contributed by atoms with van der Waals surface area (Å²) in [6.45, 7) is 0. The van der Waals surface area contributed by atoms with Crippen LogP contribution in [0.15, 0.2) is 32.9 Å². The summed E-state index contributed by atoms with van der Waals surface area (Å²) < 4.78 is 1.92. The summed E-state index contributed by atoms with van der Waals surface area (Å²) >= 11 is 4.81. The van der Waals surface area contributed by atoms with Crippen LogP contribution in [0, 0.1) is 0 Å². The van der Waals surface area contributed by atoms with Crippen LogP contribution in [0.25, 0.3) is 0 Å². The van der Waals surface area contributed by atoms with E-state index in [1.807, 2.05) is 18.4 Å². The minimum absolute atomic E-state index is 0.504. The van der Waals surface area contributed by atoms with Crippen LogP contribution in [-0.2, 0) is 5.75 Å². The van der Waals surface area contributed by atoms with E-state index in [2.05, 4.69) is 10.2 Å². The van der Waals surface area contributed by atoms with E-state index in [4.69, 9.17) is 10.0 Å². The first-order valence-electron chi connectivity index (χ1n) is 5.14. The highest BCUT2D eigenvalue weighted by molar-refractivity contribution is 8.02. The molecule has 0 aliphatic rings. The van der Waals surface area contributed by atoms with Crippen LogP contribution in [0.2, 0.25) is 0 Å². The van der Waals surface area contributed by atoms with Gasteiger partial charge in [-0.3, -0.25) is 0 Å². The molecule has 0 saturated carbocycles. The van der Waals surface area contributed by atoms with Crippen molar-refractivity contribution in [3.05, 3.63) is 29.8 Å². The first-order chi connectivity index (χ1) is 8.69. The number of rotatable bonds is 5. The fourth-order valence-corrected chi connectivity index (χ4v) is 3.66. The molecule has 8 heteroatoms. The molecule has 4 nitrogen and oxygen atoms in total. The molecule has 0 fully saturated rings. The summed E-state index contributed by atoms with van der Waals surface area (Å²) in [5.74, 6) is 0.796. The predicted octanol–water partition coefficient (Wildman–Crippen LogP) is 1.23. The molecule has 2 aromatic rings. The second-order valence-electron chi connectivity index (χ2n) is 3.44. The fourth-order valence-electron chi connectivity index (χ4n) is 1.27. The van der Waals surface area contributed by atoms with Crippen molar-refractivity contribution < 1.29 is 10.0 Å². The van der Waals surface area contributed by atoms with Gasteiger partial charge in [0.05, 0.1) is 0 Å². The maximum absolute atomic E-state index is 8.98. The van der Waals surface area contributed by atoms with Crippen LogP contribution in [0.4, 0.5) is 0 Å². The Labute approximate surface area is 118 Å². The van der Waals surface area contributed by atoms with E-state index in [9.17, 15) is 0 Å². The summed E-state index contributed by atoms with van der Waals surface area (Å²) in [5.41, 5.74) is 1.62. The molecule has 1 aromatic heterocycles. The molecule has 2 rings (SSSR count). The standard InChI is InChI=1S/C10H11BN2O2S3/c1-16-9-12-13-10(18-9)17-6-7-2-4-8(5-3-7)11(14)15/h2-5,14-15H,6H2,1H3. The van der Waals surface area contributed by atoms with Crippen LogP contribution in [0.3, 0.4) is 0 Å². The van der Waals surface area contributed by atoms with Crippen molar-refractivity contribution in [1.29, 1.82) is 0 Å². The third-order valence-corrected chi connectivity index (χ3v) is 5.31. The van der Waals surface area contributed by atoms with Crippen molar-refractivity contribution in [2.75, 3.05) is 6.26 Å². The van der Waals surface area contributed by atoms with E-state index in [0.717, 1.165) is 20.0 Å². The highest BCUT2D eigenvalue weighted by atomic mass is 32.2. The van der Waals surface area contributed by atoms with E-state index in [-0.39, 0.29) is 0 Å². The number of thioether (sulfide) groups is 2. The van der Waals surface area contributed by atoms with Gasteiger partial charge in [0, 0.05) is 5.75 Å². The van der Waals surface area contributed by atoms with E-state index in [1.165, 1.54) is 0 Å². The van der Waals surface area contributed by atoms with E-state index in [1.54, 1.807) is 47.0 Å². The molecule has 18 heavy (non-hydrogen) atoms. The lowest BCUT2D eigenvalue weighted by atomic mass is 9.80. The maximum atomic E-state index is 8.98. The maximum Gasteiger partial charge on any atom is 0.488 e. The van der Waals surface area contributed by atoms with Crippen molar-refractivity contribution in [3.8, 4) is 0 Å². The average molecular weight is 298 g/mol. The molecule has 0 aliphatic carbocycles. The summed E-state index contributed by atoms with van der Waals surface area (Å²) in [4.78, 5) is 0. The van der Waals surface area contributed by atoms with Crippen LogP contribution in [0.1, 0.15) is 5.56 Å². The van der Waals surface area contributed by atoms with Gasteiger partial charge in [-0.2, -0.15) is 0 Å². The Kier molecular flexibility index (Phi) is 5.08. The second kappa shape index (κ2) is 6.58. The molecule has 0 spiro atoms.